The van der Waals surface area contributed by atoms with Crippen molar-refractivity contribution in [1.29, 1.82) is 0 Å². The average Bonchev–Trinajstić information content (AvgIpc) is 2.98. The van der Waals surface area contributed by atoms with E-state index in [1.807, 2.05) is 29.9 Å². The number of nitrogen functional groups attached to an aromatic ring is 1. The molecule has 0 spiro atoms. The topological polar surface area (TPSA) is 68.8 Å². The first-order valence-electron chi connectivity index (χ1n) is 6.57. The van der Waals surface area contributed by atoms with Crippen LogP contribution < -0.4 is 11.1 Å². The van der Waals surface area contributed by atoms with Crippen molar-refractivity contribution in [2.24, 2.45) is 7.05 Å². The van der Waals surface area contributed by atoms with Crippen LogP contribution in [0.25, 0.3) is 10.2 Å². The smallest absolute Gasteiger partial charge is 0.184 e. The van der Waals surface area contributed by atoms with Crippen LogP contribution in [0.4, 0.5) is 10.8 Å². The summed E-state index contributed by atoms with van der Waals surface area (Å²) >= 11 is 1.62. The predicted molar refractivity (Wildman–Crippen MR) is 83.9 cm³/mol. The van der Waals surface area contributed by atoms with Crippen LogP contribution in [0.2, 0.25) is 0 Å². The number of aryl methyl sites for hydroxylation is 2. The van der Waals surface area contributed by atoms with Crippen LogP contribution in [0.5, 0.6) is 0 Å². The molecule has 3 rings (SSSR count). The number of benzene rings is 1. The van der Waals surface area contributed by atoms with Crippen LogP contribution in [-0.4, -0.2) is 14.8 Å². The minimum Gasteiger partial charge on any atom is -0.399 e. The summed E-state index contributed by atoms with van der Waals surface area (Å²) in [4.78, 5) is 4.56. The Morgan fingerprint density at radius 3 is 3.05 bits per heavy atom. The number of nitrogens with zero attached hydrogens (tertiary/aromatic N) is 3. The van der Waals surface area contributed by atoms with Crippen LogP contribution in [0.1, 0.15) is 18.2 Å². The summed E-state index contributed by atoms with van der Waals surface area (Å²) in [5, 5.41) is 8.72. The van der Waals surface area contributed by atoms with Crippen LogP contribution in [0.3, 0.4) is 0 Å². The summed E-state index contributed by atoms with van der Waals surface area (Å²) in [7, 11) is 1.95. The molecule has 0 aliphatic heterocycles. The van der Waals surface area contributed by atoms with E-state index in [4.69, 9.17) is 5.73 Å². The van der Waals surface area contributed by atoms with Crippen molar-refractivity contribution in [3.63, 3.8) is 0 Å². The minimum atomic E-state index is 0.742. The second-order valence-electron chi connectivity index (χ2n) is 4.73. The molecule has 20 heavy (non-hydrogen) atoms. The molecule has 2 aromatic heterocycles. The molecule has 0 saturated heterocycles. The average molecular weight is 287 g/mol. The second-order valence-corrected chi connectivity index (χ2v) is 5.76. The molecule has 0 radical (unpaired) electrons. The summed E-state index contributed by atoms with van der Waals surface area (Å²) < 4.78 is 2.96. The maximum atomic E-state index is 5.79. The van der Waals surface area contributed by atoms with E-state index in [-0.39, 0.29) is 0 Å². The number of thiazole rings is 1. The van der Waals surface area contributed by atoms with Crippen LogP contribution in [0, 0.1) is 0 Å². The third-order valence-corrected chi connectivity index (χ3v) is 4.15. The number of hydrogen-bond acceptors (Lipinski definition) is 5. The molecule has 1 aromatic carbocycles. The third kappa shape index (κ3) is 2.46. The number of nitrogens with one attached hydrogen (secondary N) is 1. The van der Waals surface area contributed by atoms with Crippen molar-refractivity contribution >= 4 is 32.4 Å². The van der Waals surface area contributed by atoms with Gasteiger partial charge in [0.2, 0.25) is 0 Å². The van der Waals surface area contributed by atoms with Crippen LogP contribution in [-0.2, 0) is 20.0 Å². The number of nitrogens with two attached hydrogens (primary N) is 1. The van der Waals surface area contributed by atoms with Crippen molar-refractivity contribution in [2.45, 2.75) is 19.9 Å². The van der Waals surface area contributed by atoms with E-state index in [1.165, 1.54) is 5.56 Å². The van der Waals surface area contributed by atoms with E-state index >= 15 is 0 Å². The van der Waals surface area contributed by atoms with E-state index < -0.39 is 0 Å². The van der Waals surface area contributed by atoms with Gasteiger partial charge in [-0.15, -0.1) is 0 Å². The Bertz CT molecular complexity index is 743. The first-order valence-corrected chi connectivity index (χ1v) is 7.38. The SMILES string of the molecule is CCc1nn(C)cc1CNc1nc2ccc(N)cc2s1. The molecule has 5 nitrogen and oxygen atoms in total. The number of aromatic nitrogens is 3. The Hall–Kier alpha value is -2.08. The number of anilines is 2. The lowest BCUT2D eigenvalue weighted by atomic mass is 10.2. The van der Waals surface area contributed by atoms with Crippen LogP contribution >= 0.6 is 11.3 Å². The molecule has 3 aromatic rings. The molecule has 104 valence electrons. The third-order valence-electron chi connectivity index (χ3n) is 3.17. The lowest BCUT2D eigenvalue weighted by molar-refractivity contribution is 0.746. The molecule has 6 heteroatoms. The number of hydrogen-bond donors (Lipinski definition) is 2. The molecular weight excluding hydrogens is 270 g/mol. The van der Waals surface area contributed by atoms with Crippen molar-refractivity contribution in [2.75, 3.05) is 11.1 Å². The summed E-state index contributed by atoms with van der Waals surface area (Å²) in [5.41, 5.74) is 9.88. The monoisotopic (exact) mass is 287 g/mol. The van der Waals surface area contributed by atoms with Gasteiger partial charge in [0.1, 0.15) is 0 Å². The normalized spacial score (nSPS) is 11.1. The highest BCUT2D eigenvalue weighted by atomic mass is 32.1. The lowest BCUT2D eigenvalue weighted by Crippen LogP contribution is -2.00. The second kappa shape index (κ2) is 5.13. The summed E-state index contributed by atoms with van der Waals surface area (Å²) in [6, 6.07) is 5.79. The van der Waals surface area contributed by atoms with Gasteiger partial charge in [0.15, 0.2) is 5.13 Å². The lowest BCUT2D eigenvalue weighted by Gasteiger charge is -2.01. The van der Waals surface area contributed by atoms with Crippen LogP contribution in [0.15, 0.2) is 24.4 Å². The maximum Gasteiger partial charge on any atom is 0.184 e. The number of rotatable bonds is 4. The highest BCUT2D eigenvalue weighted by Gasteiger charge is 2.08. The van der Waals surface area contributed by atoms with E-state index in [0.29, 0.717) is 0 Å². The predicted octanol–water partition coefficient (Wildman–Crippen LogP) is 2.79. The zero-order chi connectivity index (χ0) is 14.1. The fourth-order valence-corrected chi connectivity index (χ4v) is 3.13. The molecule has 0 fully saturated rings. The fourth-order valence-electron chi connectivity index (χ4n) is 2.22. The Labute approximate surface area is 121 Å². The molecule has 2 heterocycles. The van der Waals surface area contributed by atoms with E-state index in [0.717, 1.165) is 39.7 Å². The van der Waals surface area contributed by atoms with Gasteiger partial charge >= 0.3 is 0 Å². The van der Waals surface area contributed by atoms with Gasteiger partial charge in [-0.05, 0) is 24.6 Å². The van der Waals surface area contributed by atoms with Crippen molar-refractivity contribution in [3.8, 4) is 0 Å². The molecule has 0 saturated carbocycles. The minimum absolute atomic E-state index is 0.742. The maximum absolute atomic E-state index is 5.79. The Kier molecular flexibility index (Phi) is 3.31. The van der Waals surface area contributed by atoms with Gasteiger partial charge in [-0.25, -0.2) is 4.98 Å². The molecule has 0 aliphatic rings. The zero-order valence-corrected chi connectivity index (χ0v) is 12.4. The Morgan fingerprint density at radius 1 is 1.40 bits per heavy atom. The van der Waals surface area contributed by atoms with Gasteiger partial charge in [-0.1, -0.05) is 18.3 Å². The Morgan fingerprint density at radius 2 is 2.25 bits per heavy atom. The fraction of sp³-hybridized carbons (Fsp3) is 0.286. The number of fused-ring (bicyclic) bond motifs is 1. The quantitative estimate of drug-likeness (QED) is 0.724. The van der Waals surface area contributed by atoms with Gasteiger partial charge in [-0.3, -0.25) is 4.68 Å². The summed E-state index contributed by atoms with van der Waals surface area (Å²) in [5.74, 6) is 0. The highest BCUT2D eigenvalue weighted by Crippen LogP contribution is 2.27. The van der Waals surface area contributed by atoms with Crippen molar-refractivity contribution in [1.82, 2.24) is 14.8 Å². The molecule has 0 bridgehead atoms. The molecule has 0 unspecified atom stereocenters. The zero-order valence-electron chi connectivity index (χ0n) is 11.6. The van der Waals surface area contributed by atoms with Crippen molar-refractivity contribution in [3.05, 3.63) is 35.7 Å². The van der Waals surface area contributed by atoms with Gasteiger partial charge in [0.25, 0.3) is 0 Å². The van der Waals surface area contributed by atoms with Gasteiger partial charge in [0.05, 0.1) is 15.9 Å². The molecule has 0 atom stereocenters. The van der Waals surface area contributed by atoms with E-state index in [2.05, 4.69) is 28.5 Å². The molecule has 0 amide bonds. The van der Waals surface area contributed by atoms with Gasteiger partial charge in [-0.2, -0.15) is 5.10 Å². The van der Waals surface area contributed by atoms with Gasteiger partial charge in [0, 0.05) is 31.0 Å². The van der Waals surface area contributed by atoms with Gasteiger partial charge < -0.3 is 11.1 Å². The van der Waals surface area contributed by atoms with E-state index in [1.54, 1.807) is 11.3 Å². The van der Waals surface area contributed by atoms with Crippen molar-refractivity contribution < 1.29 is 0 Å². The summed E-state index contributed by atoms with van der Waals surface area (Å²) in [6.07, 6.45) is 2.99. The Balaban J connectivity index is 1.79. The van der Waals surface area contributed by atoms with E-state index in [9.17, 15) is 0 Å². The highest BCUT2D eigenvalue weighted by molar-refractivity contribution is 7.22. The largest absolute Gasteiger partial charge is 0.399 e. The first kappa shape index (κ1) is 12.9. The first-order chi connectivity index (χ1) is 9.65. The molecular formula is C14H17N5S. The summed E-state index contributed by atoms with van der Waals surface area (Å²) in [6.45, 7) is 2.86. The standard InChI is InChI=1S/C14H17N5S/c1-3-11-9(8-19(2)18-11)7-16-14-17-12-5-4-10(15)6-13(12)20-14/h4-6,8H,3,7,15H2,1-2H3,(H,16,17). The molecule has 3 N–H and O–H groups in total. The molecule has 0 aliphatic carbocycles.